The molecule has 0 bridgehead atoms. The van der Waals surface area contributed by atoms with E-state index in [2.05, 4.69) is 27.3 Å². The number of thioether (sulfide) groups is 1. The molecule has 0 unspecified atom stereocenters. The number of hydrogen-bond acceptors (Lipinski definition) is 6. The first kappa shape index (κ1) is 19.1. The number of carbonyl (C=O) groups excluding carboxylic acids is 2. The summed E-state index contributed by atoms with van der Waals surface area (Å²) in [5.41, 5.74) is 7.72. The topological polar surface area (TPSA) is 109 Å². The molecule has 1 aromatic carbocycles. The molecule has 4 N–H and O–H groups in total. The normalized spacial score (nSPS) is 13.1. The van der Waals surface area contributed by atoms with E-state index in [-0.39, 0.29) is 29.2 Å². The summed E-state index contributed by atoms with van der Waals surface area (Å²) in [5, 5.41) is 5.68. The second-order valence-electron chi connectivity index (χ2n) is 6.11. The van der Waals surface area contributed by atoms with E-state index in [1.165, 1.54) is 11.8 Å². The van der Waals surface area contributed by atoms with Gasteiger partial charge in [0.25, 0.3) is 11.8 Å². The SMILES string of the molecule is C=Nc1ccc(CNC(=O)c2cccc(C(=O)NC3CC3)n2)cc1SCN. The van der Waals surface area contributed by atoms with Crippen LogP contribution >= 0.6 is 11.8 Å². The molecule has 27 heavy (non-hydrogen) atoms. The summed E-state index contributed by atoms with van der Waals surface area (Å²) in [4.78, 5) is 33.5. The summed E-state index contributed by atoms with van der Waals surface area (Å²) in [6.45, 7) is 3.87. The summed E-state index contributed by atoms with van der Waals surface area (Å²) in [5.74, 6) is -0.157. The van der Waals surface area contributed by atoms with Gasteiger partial charge in [-0.3, -0.25) is 14.6 Å². The van der Waals surface area contributed by atoms with Crippen LogP contribution in [0.25, 0.3) is 0 Å². The zero-order valence-electron chi connectivity index (χ0n) is 14.8. The lowest BCUT2D eigenvalue weighted by Crippen LogP contribution is -2.28. The van der Waals surface area contributed by atoms with E-state index < -0.39 is 0 Å². The monoisotopic (exact) mass is 383 g/mol. The number of aliphatic imine (C=N–C) groups is 1. The van der Waals surface area contributed by atoms with Crippen molar-refractivity contribution in [2.24, 2.45) is 10.7 Å². The smallest absolute Gasteiger partial charge is 0.270 e. The minimum Gasteiger partial charge on any atom is -0.348 e. The zero-order valence-corrected chi connectivity index (χ0v) is 15.6. The van der Waals surface area contributed by atoms with Crippen LogP contribution in [0.3, 0.4) is 0 Å². The maximum atomic E-state index is 12.4. The van der Waals surface area contributed by atoms with Gasteiger partial charge in [0.05, 0.1) is 5.69 Å². The standard InChI is InChI=1S/C19H21N5O2S/c1-21-14-8-5-12(9-17(14)27-11-20)10-22-18(25)15-3-2-4-16(24-15)19(26)23-13-6-7-13/h2-5,8-9,13H,1,6-7,10-11,20H2,(H,22,25)(H,23,26). The molecule has 1 fully saturated rings. The molecule has 0 spiro atoms. The Kier molecular flexibility index (Phi) is 6.20. The molecule has 0 atom stereocenters. The van der Waals surface area contributed by atoms with Crippen molar-refractivity contribution >= 4 is 36.0 Å². The Balaban J connectivity index is 1.64. The van der Waals surface area contributed by atoms with Crippen LogP contribution < -0.4 is 16.4 Å². The lowest BCUT2D eigenvalue weighted by atomic mass is 10.2. The number of amides is 2. The van der Waals surface area contributed by atoms with E-state index in [1.54, 1.807) is 18.2 Å². The lowest BCUT2D eigenvalue weighted by molar-refractivity contribution is 0.0941. The van der Waals surface area contributed by atoms with Gasteiger partial charge in [0.15, 0.2) is 0 Å². The first-order valence-electron chi connectivity index (χ1n) is 8.59. The number of pyridine rings is 1. The predicted octanol–water partition coefficient (Wildman–Crippen LogP) is 2.24. The first-order chi connectivity index (χ1) is 13.1. The molecule has 3 rings (SSSR count). The lowest BCUT2D eigenvalue weighted by Gasteiger charge is -2.09. The Bertz CT molecular complexity index is 867. The summed E-state index contributed by atoms with van der Waals surface area (Å²) >= 11 is 1.46. The summed E-state index contributed by atoms with van der Waals surface area (Å²) < 4.78 is 0. The molecule has 1 heterocycles. The van der Waals surface area contributed by atoms with Crippen molar-refractivity contribution in [1.29, 1.82) is 0 Å². The molecule has 140 valence electrons. The minimum atomic E-state index is -0.338. The highest BCUT2D eigenvalue weighted by molar-refractivity contribution is 7.99. The Morgan fingerprint density at radius 2 is 1.96 bits per heavy atom. The van der Waals surface area contributed by atoms with Gasteiger partial charge in [0.1, 0.15) is 11.4 Å². The third-order valence-corrected chi connectivity index (χ3v) is 4.82. The fourth-order valence-electron chi connectivity index (χ4n) is 2.45. The van der Waals surface area contributed by atoms with E-state index in [9.17, 15) is 9.59 Å². The Morgan fingerprint density at radius 3 is 2.63 bits per heavy atom. The number of benzene rings is 1. The van der Waals surface area contributed by atoms with Crippen molar-refractivity contribution in [3.63, 3.8) is 0 Å². The van der Waals surface area contributed by atoms with Crippen molar-refractivity contribution in [1.82, 2.24) is 15.6 Å². The van der Waals surface area contributed by atoms with Crippen molar-refractivity contribution < 1.29 is 9.59 Å². The summed E-state index contributed by atoms with van der Waals surface area (Å²) in [6, 6.07) is 10.7. The average Bonchev–Trinajstić information content (AvgIpc) is 3.50. The van der Waals surface area contributed by atoms with E-state index in [0.717, 1.165) is 29.0 Å². The van der Waals surface area contributed by atoms with Crippen LogP contribution in [0.1, 0.15) is 39.4 Å². The Hall–Kier alpha value is -2.71. The van der Waals surface area contributed by atoms with Crippen molar-refractivity contribution in [3.05, 3.63) is 53.3 Å². The molecular formula is C19H21N5O2S. The van der Waals surface area contributed by atoms with Crippen molar-refractivity contribution in [2.75, 3.05) is 5.88 Å². The molecular weight excluding hydrogens is 362 g/mol. The molecule has 1 aliphatic rings. The molecule has 7 nitrogen and oxygen atoms in total. The van der Waals surface area contributed by atoms with Crippen molar-refractivity contribution in [3.8, 4) is 0 Å². The summed E-state index contributed by atoms with van der Waals surface area (Å²) in [7, 11) is 0. The maximum absolute atomic E-state index is 12.4. The third kappa shape index (κ3) is 5.15. The number of nitrogens with two attached hydrogens (primary N) is 1. The largest absolute Gasteiger partial charge is 0.348 e. The number of carbonyl (C=O) groups is 2. The molecule has 0 radical (unpaired) electrons. The molecule has 2 aromatic rings. The van der Waals surface area contributed by atoms with E-state index in [4.69, 9.17) is 5.73 Å². The number of nitrogens with one attached hydrogen (secondary N) is 2. The van der Waals surface area contributed by atoms with Gasteiger partial charge < -0.3 is 16.4 Å². The Labute approximate surface area is 161 Å². The summed E-state index contributed by atoms with van der Waals surface area (Å²) in [6.07, 6.45) is 1.99. The highest BCUT2D eigenvalue weighted by Crippen LogP contribution is 2.29. The maximum Gasteiger partial charge on any atom is 0.270 e. The van der Waals surface area contributed by atoms with E-state index >= 15 is 0 Å². The number of hydrogen-bond donors (Lipinski definition) is 3. The molecule has 1 saturated carbocycles. The fourth-order valence-corrected chi connectivity index (χ4v) is 3.15. The molecule has 1 aromatic heterocycles. The number of rotatable bonds is 8. The minimum absolute atomic E-state index is 0.208. The van der Waals surface area contributed by atoms with Gasteiger partial charge in [-0.05, 0) is 49.4 Å². The molecule has 1 aliphatic carbocycles. The zero-order chi connectivity index (χ0) is 19.2. The van der Waals surface area contributed by atoms with Crippen LogP contribution in [0.5, 0.6) is 0 Å². The van der Waals surface area contributed by atoms with Gasteiger partial charge in [-0.25, -0.2) is 4.98 Å². The molecule has 0 aliphatic heterocycles. The van der Waals surface area contributed by atoms with Crippen LogP contribution in [0, 0.1) is 0 Å². The van der Waals surface area contributed by atoms with Gasteiger partial charge in [-0.1, -0.05) is 12.1 Å². The second-order valence-corrected chi connectivity index (χ2v) is 7.17. The van der Waals surface area contributed by atoms with Crippen molar-refractivity contribution in [2.45, 2.75) is 30.3 Å². The molecule has 0 saturated heterocycles. The van der Waals surface area contributed by atoms with E-state index in [0.29, 0.717) is 12.4 Å². The van der Waals surface area contributed by atoms with Gasteiger partial charge in [-0.2, -0.15) is 0 Å². The van der Waals surface area contributed by atoms with Crippen LogP contribution in [0.4, 0.5) is 5.69 Å². The average molecular weight is 383 g/mol. The molecule has 2 amide bonds. The fraction of sp³-hybridized carbons (Fsp3) is 0.263. The molecule has 8 heteroatoms. The highest BCUT2D eigenvalue weighted by Gasteiger charge is 2.24. The number of nitrogens with zero attached hydrogens (tertiary/aromatic N) is 2. The highest BCUT2D eigenvalue weighted by atomic mass is 32.2. The van der Waals surface area contributed by atoms with Gasteiger partial charge in [0, 0.05) is 23.4 Å². The van der Waals surface area contributed by atoms with Crippen LogP contribution in [0.15, 0.2) is 46.3 Å². The van der Waals surface area contributed by atoms with Crippen LogP contribution in [0.2, 0.25) is 0 Å². The van der Waals surface area contributed by atoms with Gasteiger partial charge in [0.2, 0.25) is 0 Å². The van der Waals surface area contributed by atoms with Gasteiger partial charge >= 0.3 is 0 Å². The quantitative estimate of drug-likeness (QED) is 0.368. The Morgan fingerprint density at radius 1 is 1.22 bits per heavy atom. The van der Waals surface area contributed by atoms with Crippen LogP contribution in [-0.4, -0.2) is 35.4 Å². The first-order valence-corrected chi connectivity index (χ1v) is 9.58. The number of aromatic nitrogens is 1. The van der Waals surface area contributed by atoms with Crippen LogP contribution in [-0.2, 0) is 6.54 Å². The predicted molar refractivity (Wildman–Crippen MR) is 106 cm³/mol. The second kappa shape index (κ2) is 8.79. The van der Waals surface area contributed by atoms with E-state index in [1.807, 2.05) is 18.2 Å². The van der Waals surface area contributed by atoms with Gasteiger partial charge in [-0.15, -0.1) is 11.8 Å². The third-order valence-electron chi connectivity index (χ3n) is 4.01.